The summed E-state index contributed by atoms with van der Waals surface area (Å²) in [5, 5.41) is 1.09. The van der Waals surface area contributed by atoms with Crippen molar-refractivity contribution in [2.24, 2.45) is 5.92 Å². The Morgan fingerprint density at radius 3 is 2.15 bits per heavy atom. The van der Waals surface area contributed by atoms with Crippen molar-refractivity contribution in [3.05, 3.63) is 36.0 Å². The topological polar surface area (TPSA) is 80.0 Å². The number of amides is 4. The fraction of sp³-hybridized carbons (Fsp3) is 0.560. The summed E-state index contributed by atoms with van der Waals surface area (Å²) in [4.78, 5) is 49.4. The van der Waals surface area contributed by atoms with Crippen LogP contribution in [0.5, 0.6) is 0 Å². The third-order valence-electron chi connectivity index (χ3n) is 7.45. The number of piperazine rings is 1. The van der Waals surface area contributed by atoms with Gasteiger partial charge in [-0.1, -0.05) is 18.2 Å². The Hall–Kier alpha value is -3.03. The Morgan fingerprint density at radius 1 is 0.788 bits per heavy atom. The molecule has 4 heterocycles. The summed E-state index contributed by atoms with van der Waals surface area (Å²) in [6, 6.07) is 8.16. The number of likely N-dealkylation sites (tertiary alicyclic amines) is 2. The van der Waals surface area contributed by atoms with E-state index in [0.717, 1.165) is 55.2 Å². The summed E-state index contributed by atoms with van der Waals surface area (Å²) in [7, 11) is 0. The van der Waals surface area contributed by atoms with E-state index in [1.165, 1.54) is 0 Å². The van der Waals surface area contributed by atoms with Crippen molar-refractivity contribution in [3.63, 3.8) is 0 Å². The van der Waals surface area contributed by atoms with Gasteiger partial charge < -0.3 is 24.6 Å². The van der Waals surface area contributed by atoms with Gasteiger partial charge in [0.1, 0.15) is 0 Å². The summed E-state index contributed by atoms with van der Waals surface area (Å²) >= 11 is 0. The molecule has 33 heavy (non-hydrogen) atoms. The van der Waals surface area contributed by atoms with E-state index < -0.39 is 0 Å². The fourth-order valence-electron chi connectivity index (χ4n) is 5.41. The van der Waals surface area contributed by atoms with E-state index in [2.05, 4.69) is 4.98 Å². The summed E-state index contributed by atoms with van der Waals surface area (Å²) in [5.41, 5.74) is 2.06. The van der Waals surface area contributed by atoms with E-state index in [4.69, 9.17) is 0 Å². The Balaban J connectivity index is 1.09. The number of rotatable bonds is 3. The van der Waals surface area contributed by atoms with Crippen molar-refractivity contribution < 1.29 is 14.4 Å². The van der Waals surface area contributed by atoms with Crippen LogP contribution in [0.2, 0.25) is 0 Å². The third kappa shape index (κ3) is 4.56. The molecule has 0 spiro atoms. The third-order valence-corrected chi connectivity index (χ3v) is 7.45. The van der Waals surface area contributed by atoms with Crippen LogP contribution in [0.15, 0.2) is 30.5 Å². The highest BCUT2D eigenvalue weighted by atomic mass is 16.2. The molecular weight excluding hydrogens is 418 g/mol. The lowest BCUT2D eigenvalue weighted by molar-refractivity contribution is -0.142. The number of urea groups is 1. The van der Waals surface area contributed by atoms with Gasteiger partial charge in [0.05, 0.1) is 6.42 Å². The molecule has 1 N–H and O–H groups in total. The Kier molecular flexibility index (Phi) is 6.24. The van der Waals surface area contributed by atoms with Crippen molar-refractivity contribution in [1.29, 1.82) is 0 Å². The summed E-state index contributed by atoms with van der Waals surface area (Å²) in [6.45, 7) is 5.39. The predicted molar refractivity (Wildman–Crippen MR) is 126 cm³/mol. The standard InChI is InChI=1S/C25H33N5O3/c31-23(17-20-18-26-22-6-2-1-5-21(20)22)27-13-15-28(16-14-27)24(32)19-7-11-30(12-8-19)25(33)29-9-3-4-10-29/h1-2,5-6,18-19,26H,3-4,7-17H2. The molecule has 0 saturated carbocycles. The molecule has 176 valence electrons. The predicted octanol–water partition coefficient (Wildman–Crippen LogP) is 2.31. The second-order valence-corrected chi connectivity index (χ2v) is 9.48. The van der Waals surface area contributed by atoms with Gasteiger partial charge in [-0.15, -0.1) is 0 Å². The van der Waals surface area contributed by atoms with E-state index in [1.807, 2.05) is 50.1 Å². The van der Waals surface area contributed by atoms with E-state index in [1.54, 1.807) is 0 Å². The van der Waals surface area contributed by atoms with Crippen LogP contribution in [0.1, 0.15) is 31.2 Å². The average Bonchev–Trinajstić information content (AvgIpc) is 3.54. The van der Waals surface area contributed by atoms with E-state index >= 15 is 0 Å². The number of aromatic amines is 1. The second kappa shape index (κ2) is 9.45. The van der Waals surface area contributed by atoms with E-state index in [9.17, 15) is 14.4 Å². The summed E-state index contributed by atoms with van der Waals surface area (Å²) in [5.74, 6) is 0.286. The maximum absolute atomic E-state index is 13.1. The molecule has 5 rings (SSSR count). The van der Waals surface area contributed by atoms with Gasteiger partial charge in [-0.3, -0.25) is 9.59 Å². The Bertz CT molecular complexity index is 1010. The lowest BCUT2D eigenvalue weighted by atomic mass is 9.95. The molecule has 0 unspecified atom stereocenters. The molecule has 2 aromatic rings. The van der Waals surface area contributed by atoms with Crippen molar-refractivity contribution in [2.75, 3.05) is 52.4 Å². The lowest BCUT2D eigenvalue weighted by Crippen LogP contribution is -2.54. The first-order chi connectivity index (χ1) is 16.1. The molecule has 4 amide bonds. The van der Waals surface area contributed by atoms with Crippen LogP contribution in [0.25, 0.3) is 10.9 Å². The molecule has 3 fully saturated rings. The number of para-hydroxylation sites is 1. The quantitative estimate of drug-likeness (QED) is 0.778. The van der Waals surface area contributed by atoms with Crippen LogP contribution in [0, 0.1) is 5.92 Å². The number of nitrogens with one attached hydrogen (secondary N) is 1. The molecule has 3 saturated heterocycles. The molecular formula is C25H33N5O3. The van der Waals surface area contributed by atoms with E-state index in [-0.39, 0.29) is 23.8 Å². The highest BCUT2D eigenvalue weighted by Gasteiger charge is 2.34. The van der Waals surface area contributed by atoms with Crippen LogP contribution in [0.4, 0.5) is 4.79 Å². The number of aromatic nitrogens is 1. The van der Waals surface area contributed by atoms with E-state index in [0.29, 0.717) is 45.7 Å². The number of fused-ring (bicyclic) bond motifs is 1. The van der Waals surface area contributed by atoms with Gasteiger partial charge in [0.15, 0.2) is 0 Å². The van der Waals surface area contributed by atoms with Gasteiger partial charge >= 0.3 is 6.03 Å². The number of hydrogen-bond donors (Lipinski definition) is 1. The van der Waals surface area contributed by atoms with Crippen LogP contribution >= 0.6 is 0 Å². The summed E-state index contributed by atoms with van der Waals surface area (Å²) in [6.07, 6.45) is 5.95. The number of carbonyl (C=O) groups excluding carboxylic acids is 3. The molecule has 8 nitrogen and oxygen atoms in total. The van der Waals surface area contributed by atoms with Crippen molar-refractivity contribution in [2.45, 2.75) is 32.1 Å². The SMILES string of the molecule is O=C(Cc1c[nH]c2ccccc12)N1CCN(C(=O)C2CCN(C(=O)N3CCCC3)CC2)CC1. The number of H-pyrrole nitrogens is 1. The number of carbonyl (C=O) groups is 3. The first-order valence-electron chi connectivity index (χ1n) is 12.3. The van der Waals surface area contributed by atoms with Gasteiger partial charge in [-0.25, -0.2) is 4.79 Å². The number of hydrogen-bond acceptors (Lipinski definition) is 3. The molecule has 0 bridgehead atoms. The van der Waals surface area contributed by atoms with Gasteiger partial charge in [0, 0.05) is 75.4 Å². The average molecular weight is 452 g/mol. The molecule has 8 heteroatoms. The number of piperidine rings is 1. The van der Waals surface area contributed by atoms with Crippen molar-refractivity contribution in [1.82, 2.24) is 24.6 Å². The highest BCUT2D eigenvalue weighted by Crippen LogP contribution is 2.23. The molecule has 1 aromatic carbocycles. The van der Waals surface area contributed by atoms with Gasteiger partial charge in [-0.05, 0) is 37.3 Å². The van der Waals surface area contributed by atoms with Crippen LogP contribution in [-0.4, -0.2) is 94.8 Å². The monoisotopic (exact) mass is 451 g/mol. The minimum Gasteiger partial charge on any atom is -0.361 e. The summed E-state index contributed by atoms with van der Waals surface area (Å²) < 4.78 is 0. The van der Waals surface area contributed by atoms with Crippen molar-refractivity contribution in [3.8, 4) is 0 Å². The molecule has 0 aliphatic carbocycles. The first-order valence-corrected chi connectivity index (χ1v) is 12.3. The largest absolute Gasteiger partial charge is 0.361 e. The Labute approximate surface area is 194 Å². The Morgan fingerprint density at radius 2 is 1.42 bits per heavy atom. The van der Waals surface area contributed by atoms with Crippen molar-refractivity contribution >= 4 is 28.7 Å². The number of benzene rings is 1. The molecule has 0 radical (unpaired) electrons. The first kappa shape index (κ1) is 21.8. The maximum Gasteiger partial charge on any atom is 0.319 e. The minimum absolute atomic E-state index is 0.0129. The maximum atomic E-state index is 13.1. The normalized spacial score (nSPS) is 20.0. The van der Waals surface area contributed by atoms with Gasteiger partial charge in [-0.2, -0.15) is 0 Å². The fourth-order valence-corrected chi connectivity index (χ4v) is 5.41. The second-order valence-electron chi connectivity index (χ2n) is 9.48. The molecule has 1 aromatic heterocycles. The molecule has 0 atom stereocenters. The zero-order valence-corrected chi connectivity index (χ0v) is 19.2. The minimum atomic E-state index is -0.0129. The van der Waals surface area contributed by atoms with Gasteiger partial charge in [0.2, 0.25) is 11.8 Å². The van der Waals surface area contributed by atoms with Crippen LogP contribution in [0.3, 0.4) is 0 Å². The smallest absolute Gasteiger partial charge is 0.319 e. The van der Waals surface area contributed by atoms with Crippen LogP contribution < -0.4 is 0 Å². The zero-order valence-electron chi connectivity index (χ0n) is 19.2. The lowest BCUT2D eigenvalue weighted by Gasteiger charge is -2.39. The van der Waals surface area contributed by atoms with Crippen LogP contribution in [-0.2, 0) is 16.0 Å². The molecule has 3 aliphatic heterocycles. The highest BCUT2D eigenvalue weighted by molar-refractivity contribution is 5.89. The zero-order chi connectivity index (χ0) is 22.8. The van der Waals surface area contributed by atoms with Gasteiger partial charge in [0.25, 0.3) is 0 Å². The number of nitrogens with zero attached hydrogens (tertiary/aromatic N) is 4. The molecule has 3 aliphatic rings.